The van der Waals surface area contributed by atoms with E-state index in [-0.39, 0.29) is 10.5 Å². The number of para-hydroxylation sites is 2. The molecule has 33 heavy (non-hydrogen) atoms. The van der Waals surface area contributed by atoms with Crippen LogP contribution in [0, 0.1) is 6.92 Å². The number of carbonyl (C=O) groups is 1. The molecular formula is C24H24N4O4S. The lowest BCUT2D eigenvalue weighted by atomic mass is 10.1. The Morgan fingerprint density at radius 2 is 1.82 bits per heavy atom. The molecule has 0 spiro atoms. The van der Waals surface area contributed by atoms with Crippen molar-refractivity contribution in [2.45, 2.75) is 18.7 Å². The smallest absolute Gasteiger partial charge is 0.264 e. The molecule has 0 atom stereocenters. The molecule has 0 saturated heterocycles. The molecule has 0 fully saturated rings. The molecule has 0 aliphatic carbocycles. The Labute approximate surface area is 192 Å². The molecule has 0 bridgehead atoms. The number of nitrogens with one attached hydrogen (secondary N) is 2. The van der Waals surface area contributed by atoms with Gasteiger partial charge >= 0.3 is 0 Å². The highest BCUT2D eigenvalue weighted by Gasteiger charge is 2.24. The molecule has 1 amide bonds. The highest BCUT2D eigenvalue weighted by molar-refractivity contribution is 7.92. The largest absolute Gasteiger partial charge is 0.494 e. The number of aryl methyl sites for hydroxylation is 1. The number of aromatic amines is 1. The van der Waals surface area contributed by atoms with Crippen LogP contribution in [-0.2, 0) is 10.0 Å². The van der Waals surface area contributed by atoms with Crippen LogP contribution in [0.4, 0.5) is 11.6 Å². The maximum absolute atomic E-state index is 13.2. The zero-order chi connectivity index (χ0) is 23.6. The third-order valence-corrected chi connectivity index (χ3v) is 7.03. The second-order valence-electron chi connectivity index (χ2n) is 7.43. The van der Waals surface area contributed by atoms with E-state index in [4.69, 9.17) is 4.74 Å². The lowest BCUT2D eigenvalue weighted by molar-refractivity contribution is 0.102. The van der Waals surface area contributed by atoms with Gasteiger partial charge < -0.3 is 9.72 Å². The van der Waals surface area contributed by atoms with Gasteiger partial charge in [-0.05, 0) is 67.9 Å². The Kier molecular flexibility index (Phi) is 6.06. The summed E-state index contributed by atoms with van der Waals surface area (Å²) < 4.78 is 33.1. The topological polar surface area (TPSA) is 104 Å². The molecule has 4 rings (SSSR count). The van der Waals surface area contributed by atoms with Crippen molar-refractivity contribution >= 4 is 38.6 Å². The number of amides is 1. The second-order valence-corrected chi connectivity index (χ2v) is 9.40. The lowest BCUT2D eigenvalue weighted by Crippen LogP contribution is -2.27. The molecule has 1 heterocycles. The third kappa shape index (κ3) is 4.54. The van der Waals surface area contributed by atoms with Crippen LogP contribution in [-0.4, -0.2) is 37.9 Å². The van der Waals surface area contributed by atoms with Gasteiger partial charge in [0.15, 0.2) is 0 Å². The van der Waals surface area contributed by atoms with E-state index in [0.29, 0.717) is 29.6 Å². The van der Waals surface area contributed by atoms with E-state index in [2.05, 4.69) is 15.3 Å². The molecule has 0 radical (unpaired) electrons. The summed E-state index contributed by atoms with van der Waals surface area (Å²) in [5, 5.41) is 2.72. The Hall–Kier alpha value is -3.85. The van der Waals surface area contributed by atoms with Gasteiger partial charge in [0.2, 0.25) is 5.95 Å². The van der Waals surface area contributed by atoms with Crippen LogP contribution >= 0.6 is 0 Å². The Morgan fingerprint density at radius 3 is 2.52 bits per heavy atom. The summed E-state index contributed by atoms with van der Waals surface area (Å²) in [5.41, 5.74) is 2.88. The molecule has 1 aromatic heterocycles. The van der Waals surface area contributed by atoms with Gasteiger partial charge in [0, 0.05) is 12.6 Å². The molecule has 0 unspecified atom stereocenters. The maximum Gasteiger partial charge on any atom is 0.264 e. The van der Waals surface area contributed by atoms with Crippen LogP contribution in [0.5, 0.6) is 5.75 Å². The minimum Gasteiger partial charge on any atom is -0.494 e. The molecular weight excluding hydrogens is 440 g/mol. The van der Waals surface area contributed by atoms with Gasteiger partial charge in [-0.1, -0.05) is 18.2 Å². The minimum atomic E-state index is -3.89. The normalized spacial score (nSPS) is 11.4. The van der Waals surface area contributed by atoms with Crippen molar-refractivity contribution in [2.24, 2.45) is 0 Å². The predicted molar refractivity (Wildman–Crippen MR) is 128 cm³/mol. The number of anilines is 2. The molecule has 0 aliphatic rings. The van der Waals surface area contributed by atoms with E-state index in [1.807, 2.05) is 31.2 Å². The first kappa shape index (κ1) is 22.3. The first-order valence-corrected chi connectivity index (χ1v) is 11.8. The number of H-pyrrole nitrogens is 1. The molecule has 0 aliphatic heterocycles. The summed E-state index contributed by atoms with van der Waals surface area (Å²) >= 11 is 0. The second kappa shape index (κ2) is 8.95. The number of sulfonamides is 1. The van der Waals surface area contributed by atoms with Crippen LogP contribution in [0.25, 0.3) is 11.0 Å². The fourth-order valence-electron chi connectivity index (χ4n) is 3.41. The average Bonchev–Trinajstić information content (AvgIpc) is 3.21. The number of ether oxygens (including phenoxy) is 1. The summed E-state index contributed by atoms with van der Waals surface area (Å²) in [4.78, 5) is 20.3. The SMILES string of the molecule is CCOc1ccc(N(C)S(=O)(=O)c2ccc(C)c(C(=O)Nc3nc4ccccc4[nH]3)c2)cc1. The first-order valence-electron chi connectivity index (χ1n) is 10.4. The summed E-state index contributed by atoms with van der Waals surface area (Å²) in [7, 11) is -2.42. The van der Waals surface area contributed by atoms with Crippen LogP contribution < -0.4 is 14.4 Å². The number of aromatic nitrogens is 2. The zero-order valence-corrected chi connectivity index (χ0v) is 19.3. The number of rotatable bonds is 7. The highest BCUT2D eigenvalue weighted by atomic mass is 32.2. The Bertz CT molecular complexity index is 1380. The van der Waals surface area contributed by atoms with Gasteiger partial charge in [0.25, 0.3) is 15.9 Å². The molecule has 2 N–H and O–H groups in total. The van der Waals surface area contributed by atoms with Crippen LogP contribution in [0.1, 0.15) is 22.8 Å². The van der Waals surface area contributed by atoms with Gasteiger partial charge in [0.05, 0.1) is 28.2 Å². The van der Waals surface area contributed by atoms with Crippen molar-refractivity contribution in [3.63, 3.8) is 0 Å². The molecule has 4 aromatic rings. The van der Waals surface area contributed by atoms with Gasteiger partial charge in [-0.25, -0.2) is 13.4 Å². The van der Waals surface area contributed by atoms with E-state index in [0.717, 1.165) is 11.0 Å². The molecule has 9 heteroatoms. The Morgan fingerprint density at radius 1 is 1.09 bits per heavy atom. The van der Waals surface area contributed by atoms with Crippen LogP contribution in [0.3, 0.4) is 0 Å². The van der Waals surface area contributed by atoms with Crippen molar-refractivity contribution in [3.05, 3.63) is 77.9 Å². The van der Waals surface area contributed by atoms with Crippen molar-refractivity contribution in [2.75, 3.05) is 23.3 Å². The number of hydrogen-bond donors (Lipinski definition) is 2. The van der Waals surface area contributed by atoms with Crippen molar-refractivity contribution in [1.82, 2.24) is 9.97 Å². The first-order chi connectivity index (χ1) is 15.8. The average molecular weight is 465 g/mol. The highest BCUT2D eigenvalue weighted by Crippen LogP contribution is 2.26. The van der Waals surface area contributed by atoms with Crippen LogP contribution in [0.15, 0.2) is 71.6 Å². The standard InChI is InChI=1S/C24H24N4O4S/c1-4-32-18-12-10-17(11-13-18)28(3)33(30,31)19-14-9-16(2)20(15-19)23(29)27-24-25-21-7-5-6-8-22(21)26-24/h5-15H,4H2,1-3H3,(H2,25,26,27,29). The van der Waals surface area contributed by atoms with Crippen LogP contribution in [0.2, 0.25) is 0 Å². The number of carbonyl (C=O) groups excluding carboxylic acids is 1. The van der Waals surface area contributed by atoms with Crippen molar-refractivity contribution in [1.29, 1.82) is 0 Å². The summed E-state index contributed by atoms with van der Waals surface area (Å²) in [6, 6.07) is 18.7. The summed E-state index contributed by atoms with van der Waals surface area (Å²) in [6.45, 7) is 4.15. The van der Waals surface area contributed by atoms with E-state index in [1.54, 1.807) is 37.3 Å². The van der Waals surface area contributed by atoms with Gasteiger partial charge in [-0.15, -0.1) is 0 Å². The van der Waals surface area contributed by atoms with E-state index in [1.165, 1.54) is 23.5 Å². The monoisotopic (exact) mass is 464 g/mol. The van der Waals surface area contributed by atoms with Crippen molar-refractivity contribution < 1.29 is 17.9 Å². The van der Waals surface area contributed by atoms with E-state index in [9.17, 15) is 13.2 Å². The number of benzene rings is 3. The van der Waals surface area contributed by atoms with E-state index < -0.39 is 15.9 Å². The summed E-state index contributed by atoms with van der Waals surface area (Å²) in [6.07, 6.45) is 0. The lowest BCUT2D eigenvalue weighted by Gasteiger charge is -2.20. The number of nitrogens with zero attached hydrogens (tertiary/aromatic N) is 2. The fraction of sp³-hybridized carbons (Fsp3) is 0.167. The number of imidazole rings is 1. The minimum absolute atomic E-state index is 0.0132. The molecule has 3 aromatic carbocycles. The zero-order valence-electron chi connectivity index (χ0n) is 18.5. The predicted octanol–water partition coefficient (Wildman–Crippen LogP) is 4.35. The Balaban J connectivity index is 1.60. The van der Waals surface area contributed by atoms with Gasteiger partial charge in [-0.2, -0.15) is 0 Å². The third-order valence-electron chi connectivity index (χ3n) is 5.24. The van der Waals surface area contributed by atoms with E-state index >= 15 is 0 Å². The maximum atomic E-state index is 13.2. The molecule has 170 valence electrons. The number of hydrogen-bond acceptors (Lipinski definition) is 5. The molecule has 8 nitrogen and oxygen atoms in total. The summed E-state index contributed by atoms with van der Waals surface area (Å²) in [5.74, 6) is 0.500. The van der Waals surface area contributed by atoms with Gasteiger partial charge in [0.1, 0.15) is 5.75 Å². The quantitative estimate of drug-likeness (QED) is 0.423. The van der Waals surface area contributed by atoms with Crippen molar-refractivity contribution in [3.8, 4) is 5.75 Å². The number of fused-ring (bicyclic) bond motifs is 1. The fourth-order valence-corrected chi connectivity index (χ4v) is 4.63. The molecule has 0 saturated carbocycles. The van der Waals surface area contributed by atoms with Gasteiger partial charge in [-0.3, -0.25) is 14.4 Å².